The van der Waals surface area contributed by atoms with Gasteiger partial charge in [0.05, 0.1) is 22.4 Å². The molecule has 1 unspecified atom stereocenters. The number of ether oxygens (including phenoxy) is 1. The van der Waals surface area contributed by atoms with Crippen molar-refractivity contribution in [1.82, 2.24) is 10.3 Å². The van der Waals surface area contributed by atoms with Crippen molar-refractivity contribution in [3.8, 4) is 12.1 Å². The van der Waals surface area contributed by atoms with Gasteiger partial charge in [-0.15, -0.1) is 0 Å². The first-order chi connectivity index (χ1) is 16.4. The third-order valence-corrected chi connectivity index (χ3v) is 6.42. The number of hydrogen-bond acceptors (Lipinski definition) is 9. The Morgan fingerprint density at radius 3 is 2.50 bits per heavy atom. The zero-order valence-electron chi connectivity index (χ0n) is 18.8. The SMILES string of the molecule is CCc1c(C#N)c(SC(C=O)c2ccccc2)nc(N2CC(NC(=O)COC(C)=O)C2)c1C#N. The number of aromatic nitrogens is 1. The molecule has 1 aliphatic heterocycles. The molecule has 10 heteroatoms. The number of amides is 1. The number of hydrogen-bond donors (Lipinski definition) is 1. The second-order valence-corrected chi connectivity index (χ2v) is 8.71. The van der Waals surface area contributed by atoms with E-state index in [2.05, 4.69) is 22.4 Å². The van der Waals surface area contributed by atoms with Crippen LogP contribution >= 0.6 is 11.8 Å². The fourth-order valence-corrected chi connectivity index (χ4v) is 4.63. The Morgan fingerprint density at radius 1 is 1.26 bits per heavy atom. The third kappa shape index (κ3) is 5.53. The lowest BCUT2D eigenvalue weighted by Gasteiger charge is -2.41. The molecule has 1 aromatic carbocycles. The van der Waals surface area contributed by atoms with Gasteiger partial charge in [-0.2, -0.15) is 10.5 Å². The van der Waals surface area contributed by atoms with E-state index in [1.807, 2.05) is 42.2 Å². The second-order valence-electron chi connectivity index (χ2n) is 7.58. The van der Waals surface area contributed by atoms with Crippen LogP contribution in [0.2, 0.25) is 0 Å². The molecular formula is C24H23N5O4S. The molecule has 0 radical (unpaired) electrons. The van der Waals surface area contributed by atoms with Crippen LogP contribution in [-0.4, -0.2) is 48.9 Å². The Kier molecular flexibility index (Phi) is 8.23. The summed E-state index contributed by atoms with van der Waals surface area (Å²) in [5.41, 5.74) is 1.98. The first kappa shape index (κ1) is 24.7. The zero-order valence-corrected chi connectivity index (χ0v) is 19.6. The van der Waals surface area contributed by atoms with E-state index in [9.17, 15) is 24.9 Å². The summed E-state index contributed by atoms with van der Waals surface area (Å²) in [7, 11) is 0. The molecule has 0 saturated carbocycles. The summed E-state index contributed by atoms with van der Waals surface area (Å²) in [4.78, 5) is 41.1. The molecule has 0 aliphatic carbocycles. The van der Waals surface area contributed by atoms with Gasteiger partial charge in [-0.25, -0.2) is 4.98 Å². The van der Waals surface area contributed by atoms with Gasteiger partial charge in [-0.3, -0.25) is 9.59 Å². The number of nitrogens with one attached hydrogen (secondary N) is 1. The summed E-state index contributed by atoms with van der Waals surface area (Å²) in [6.07, 6.45) is 1.26. The van der Waals surface area contributed by atoms with Crippen molar-refractivity contribution in [2.75, 3.05) is 24.6 Å². The molecule has 2 heterocycles. The summed E-state index contributed by atoms with van der Waals surface area (Å²) in [6.45, 7) is 3.55. The Bertz CT molecular complexity index is 1170. The number of pyridine rings is 1. The third-order valence-electron chi connectivity index (χ3n) is 5.27. The first-order valence-corrected chi connectivity index (χ1v) is 11.5. The minimum absolute atomic E-state index is 0.194. The van der Waals surface area contributed by atoms with Crippen molar-refractivity contribution < 1.29 is 19.1 Å². The number of carbonyl (C=O) groups is 3. The van der Waals surface area contributed by atoms with Crippen LogP contribution in [0, 0.1) is 22.7 Å². The number of nitriles is 2. The van der Waals surface area contributed by atoms with Crippen LogP contribution in [-0.2, 0) is 25.5 Å². The van der Waals surface area contributed by atoms with Gasteiger partial charge < -0.3 is 19.7 Å². The minimum atomic E-state index is -0.559. The van der Waals surface area contributed by atoms with Gasteiger partial charge in [0.15, 0.2) is 6.61 Å². The Balaban J connectivity index is 1.86. The highest BCUT2D eigenvalue weighted by atomic mass is 32.2. The molecule has 1 atom stereocenters. The van der Waals surface area contributed by atoms with E-state index in [1.165, 1.54) is 18.7 Å². The van der Waals surface area contributed by atoms with Crippen molar-refractivity contribution in [3.63, 3.8) is 0 Å². The maximum absolute atomic E-state index is 11.9. The predicted octanol–water partition coefficient (Wildman–Crippen LogP) is 2.29. The number of rotatable bonds is 9. The zero-order chi connectivity index (χ0) is 24.7. The largest absolute Gasteiger partial charge is 0.456 e. The number of aldehydes is 1. The van der Waals surface area contributed by atoms with E-state index in [4.69, 9.17) is 4.74 Å². The Hall–Kier alpha value is -3.89. The Morgan fingerprint density at radius 2 is 1.94 bits per heavy atom. The van der Waals surface area contributed by atoms with E-state index >= 15 is 0 Å². The van der Waals surface area contributed by atoms with Crippen molar-refractivity contribution in [1.29, 1.82) is 10.5 Å². The van der Waals surface area contributed by atoms with Crippen LogP contribution in [0.15, 0.2) is 35.4 Å². The van der Waals surface area contributed by atoms with Gasteiger partial charge in [-0.1, -0.05) is 49.0 Å². The van der Waals surface area contributed by atoms with Crippen LogP contribution in [0.4, 0.5) is 5.82 Å². The second kappa shape index (κ2) is 11.3. The predicted molar refractivity (Wildman–Crippen MR) is 125 cm³/mol. The topological polar surface area (TPSA) is 136 Å². The summed E-state index contributed by atoms with van der Waals surface area (Å²) in [6, 6.07) is 13.3. The highest BCUT2D eigenvalue weighted by molar-refractivity contribution is 8.00. The highest BCUT2D eigenvalue weighted by Crippen LogP contribution is 2.39. The molecule has 34 heavy (non-hydrogen) atoms. The number of nitrogens with zero attached hydrogens (tertiary/aromatic N) is 4. The molecule has 1 N–H and O–H groups in total. The standard InChI is InChI=1S/C24H23N5O4S/c1-3-18-19(9-25)23(29-11-17(12-29)27-22(32)14-33-15(2)31)28-24(20(18)10-26)34-21(13-30)16-7-5-4-6-8-16/h4-8,13,17,21H,3,11-12,14H2,1-2H3,(H,27,32). The van der Waals surface area contributed by atoms with Crippen molar-refractivity contribution >= 4 is 35.7 Å². The maximum atomic E-state index is 11.9. The Labute approximate surface area is 201 Å². The summed E-state index contributed by atoms with van der Waals surface area (Å²) < 4.78 is 4.69. The van der Waals surface area contributed by atoms with Gasteiger partial charge in [-0.05, 0) is 17.5 Å². The lowest BCUT2D eigenvalue weighted by Crippen LogP contribution is -2.60. The minimum Gasteiger partial charge on any atom is -0.456 e. The smallest absolute Gasteiger partial charge is 0.303 e. The van der Waals surface area contributed by atoms with Crippen molar-refractivity contribution in [2.24, 2.45) is 0 Å². The van der Waals surface area contributed by atoms with E-state index in [1.54, 1.807) is 0 Å². The molecule has 0 bridgehead atoms. The molecule has 1 saturated heterocycles. The molecule has 3 rings (SSSR count). The first-order valence-electron chi connectivity index (χ1n) is 10.6. The molecular weight excluding hydrogens is 454 g/mol. The van der Waals surface area contributed by atoms with Crippen molar-refractivity contribution in [3.05, 3.63) is 52.6 Å². The summed E-state index contributed by atoms with van der Waals surface area (Å²) in [5, 5.41) is 22.3. The summed E-state index contributed by atoms with van der Waals surface area (Å²) >= 11 is 1.17. The summed E-state index contributed by atoms with van der Waals surface area (Å²) in [5.74, 6) is -0.522. The maximum Gasteiger partial charge on any atom is 0.303 e. The molecule has 1 aromatic heterocycles. The van der Waals surface area contributed by atoms with Crippen LogP contribution in [0.1, 0.15) is 41.4 Å². The van der Waals surface area contributed by atoms with Crippen LogP contribution in [0.5, 0.6) is 0 Å². The van der Waals surface area contributed by atoms with Crippen LogP contribution < -0.4 is 10.2 Å². The van der Waals surface area contributed by atoms with E-state index in [0.717, 1.165) is 11.8 Å². The number of benzene rings is 1. The van der Waals surface area contributed by atoms with Gasteiger partial charge in [0.25, 0.3) is 5.91 Å². The molecule has 1 aliphatic rings. The number of thioether (sulfide) groups is 1. The molecule has 1 fully saturated rings. The van der Waals surface area contributed by atoms with Crippen LogP contribution in [0.3, 0.4) is 0 Å². The quantitative estimate of drug-likeness (QED) is 0.328. The van der Waals surface area contributed by atoms with E-state index < -0.39 is 17.1 Å². The fraction of sp³-hybridized carbons (Fsp3) is 0.333. The lowest BCUT2D eigenvalue weighted by molar-refractivity contribution is -0.146. The molecule has 174 valence electrons. The average Bonchev–Trinajstić information content (AvgIpc) is 2.82. The van der Waals surface area contributed by atoms with Gasteiger partial charge in [0, 0.05) is 20.0 Å². The fourth-order valence-electron chi connectivity index (χ4n) is 3.61. The highest BCUT2D eigenvalue weighted by Gasteiger charge is 2.33. The monoisotopic (exact) mass is 477 g/mol. The molecule has 1 amide bonds. The van der Waals surface area contributed by atoms with Gasteiger partial charge in [0.1, 0.15) is 29.3 Å². The van der Waals surface area contributed by atoms with Gasteiger partial charge in [0.2, 0.25) is 0 Å². The van der Waals surface area contributed by atoms with E-state index in [0.29, 0.717) is 47.0 Å². The van der Waals surface area contributed by atoms with Crippen molar-refractivity contribution in [2.45, 2.75) is 36.6 Å². The average molecular weight is 478 g/mol. The van der Waals surface area contributed by atoms with E-state index in [-0.39, 0.29) is 12.6 Å². The van der Waals surface area contributed by atoms with Gasteiger partial charge >= 0.3 is 5.97 Å². The van der Waals surface area contributed by atoms with Crippen LogP contribution in [0.25, 0.3) is 0 Å². The number of esters is 1. The molecule has 9 nitrogen and oxygen atoms in total. The lowest BCUT2D eigenvalue weighted by atomic mass is 10.00. The normalized spacial score (nSPS) is 13.7. The number of carbonyl (C=O) groups excluding carboxylic acids is 3. The molecule has 0 spiro atoms. The molecule has 2 aromatic rings. The number of anilines is 1.